The van der Waals surface area contributed by atoms with Gasteiger partial charge in [0, 0.05) is 6.92 Å². The third-order valence-corrected chi connectivity index (χ3v) is 0.348. The van der Waals surface area contributed by atoms with Crippen LogP contribution in [0.3, 0.4) is 0 Å². The van der Waals surface area contributed by atoms with E-state index in [2.05, 4.69) is 4.74 Å². The molecule has 2 nitrogen and oxygen atoms in total. The molecule has 60 valence electrons. The maximum Gasteiger partial charge on any atom is 0.302 e. The van der Waals surface area contributed by atoms with Gasteiger partial charge in [0.15, 0.2) is 0 Å². The van der Waals surface area contributed by atoms with Crippen LogP contribution in [-0.4, -0.2) is 12.6 Å². The van der Waals surface area contributed by atoms with Crippen molar-refractivity contribution in [1.29, 1.82) is 0 Å². The monoisotopic (exact) mass is 176 g/mol. The van der Waals surface area contributed by atoms with Gasteiger partial charge in [0.05, 0.1) is 6.61 Å². The van der Waals surface area contributed by atoms with Crippen LogP contribution in [-0.2, 0) is 9.53 Å². The summed E-state index contributed by atoms with van der Waals surface area (Å²) in [5.74, 6) is -0.211. The molecule has 0 N–H and O–H groups in total. The van der Waals surface area contributed by atoms with Gasteiger partial charge in [0.25, 0.3) is 0 Å². The van der Waals surface area contributed by atoms with Crippen LogP contribution in [0, 0.1) is 0 Å². The number of halogens is 2. The highest BCUT2D eigenvalue weighted by Gasteiger charge is 1.81. The number of hydrogen-bond donors (Lipinski definition) is 0. The maximum atomic E-state index is 9.82. The number of rotatable bonds is 1. The molecule has 0 fully saturated rings. The van der Waals surface area contributed by atoms with E-state index in [9.17, 15) is 4.79 Å². The van der Waals surface area contributed by atoms with E-state index in [1.807, 2.05) is 0 Å². The molecule has 4 heteroatoms. The number of carbonyl (C=O) groups is 1. The molecule has 0 atom stereocenters. The van der Waals surface area contributed by atoms with Crippen molar-refractivity contribution in [2.24, 2.45) is 0 Å². The Morgan fingerprint density at radius 3 is 1.78 bits per heavy atom. The van der Waals surface area contributed by atoms with Crippen molar-refractivity contribution in [2.45, 2.75) is 21.3 Å². The summed E-state index contributed by atoms with van der Waals surface area (Å²) in [4.78, 5) is 9.82. The molecule has 9 heavy (non-hydrogen) atoms. The lowest BCUT2D eigenvalue weighted by molar-refractivity contribution is -0.140. The molecule has 0 amide bonds. The molecule has 0 heterocycles. The molecule has 0 saturated heterocycles. The van der Waals surface area contributed by atoms with E-state index in [1.165, 1.54) is 6.92 Å². The van der Waals surface area contributed by atoms with Crippen LogP contribution in [0.5, 0.6) is 0 Å². The second-order valence-corrected chi connectivity index (χ2v) is 0.925. The van der Waals surface area contributed by atoms with Crippen LogP contribution in [0.2, 0.25) is 0 Å². The first-order valence-corrected chi connectivity index (χ1v) is 1.90. The van der Waals surface area contributed by atoms with Gasteiger partial charge in [0.1, 0.15) is 0 Å². The minimum atomic E-state index is -0.211. The average molecular weight is 177 g/mol. The van der Waals surface area contributed by atoms with Gasteiger partial charge >= 0.3 is 5.97 Å². The molecule has 0 aromatic heterocycles. The van der Waals surface area contributed by atoms with Crippen LogP contribution in [0.15, 0.2) is 0 Å². The van der Waals surface area contributed by atoms with E-state index >= 15 is 0 Å². The largest absolute Gasteiger partial charge is 0.466 e. The van der Waals surface area contributed by atoms with Crippen molar-refractivity contribution >= 4 is 30.8 Å². The Balaban J connectivity index is -0.0000000417. The molecule has 0 spiro atoms. The summed E-state index contributed by atoms with van der Waals surface area (Å²) in [6.45, 7) is 3.65. The summed E-state index contributed by atoms with van der Waals surface area (Å²) in [5, 5.41) is 0. The van der Waals surface area contributed by atoms with E-state index in [1.54, 1.807) is 6.92 Å². The minimum Gasteiger partial charge on any atom is -0.466 e. The average Bonchev–Trinajstić information content (AvgIpc) is 1.35. The Bertz CT molecular complexity index is 56.9. The topological polar surface area (TPSA) is 26.3 Å². The lowest BCUT2D eigenvalue weighted by Gasteiger charge is -1.89. The summed E-state index contributed by atoms with van der Waals surface area (Å²) in [5.41, 5.74) is 0. The minimum absolute atomic E-state index is 0. The van der Waals surface area contributed by atoms with Crippen molar-refractivity contribution < 1.29 is 9.53 Å². The van der Waals surface area contributed by atoms with Crippen molar-refractivity contribution in [3.05, 3.63) is 0 Å². The zero-order chi connectivity index (χ0) is 4.99. The summed E-state index contributed by atoms with van der Waals surface area (Å²) in [6.07, 6.45) is 0. The third kappa shape index (κ3) is 31.7. The zero-order valence-electron chi connectivity index (χ0n) is 4.84. The van der Waals surface area contributed by atoms with Gasteiger partial charge in [-0.15, -0.1) is 24.8 Å². The number of hydrogen-bond acceptors (Lipinski definition) is 2. The fourth-order valence-electron chi connectivity index (χ4n) is 0.203. The van der Waals surface area contributed by atoms with E-state index in [0.29, 0.717) is 6.61 Å². The van der Waals surface area contributed by atoms with Crippen LogP contribution in [0.1, 0.15) is 21.3 Å². The Hall–Kier alpha value is 0.0500. The second-order valence-electron chi connectivity index (χ2n) is 0.925. The highest BCUT2D eigenvalue weighted by atomic mass is 35.5. The lowest BCUT2D eigenvalue weighted by atomic mass is 10.8. The summed E-state index contributed by atoms with van der Waals surface area (Å²) in [7, 11) is 0. The first-order valence-electron chi connectivity index (χ1n) is 1.90. The fraction of sp³-hybridized carbons (Fsp3) is 0.800. The van der Waals surface area contributed by atoms with Crippen LogP contribution in [0.4, 0.5) is 0 Å². The quantitative estimate of drug-likeness (QED) is 0.573. The first-order chi connectivity index (χ1) is 2.77. The number of carbonyl (C=O) groups excluding carboxylic acids is 1. The van der Waals surface area contributed by atoms with Crippen LogP contribution < -0.4 is 0 Å². The Labute approximate surface area is 68.8 Å². The van der Waals surface area contributed by atoms with E-state index in [-0.39, 0.29) is 38.2 Å². The summed E-state index contributed by atoms with van der Waals surface area (Å²) < 4.78 is 4.40. The van der Waals surface area contributed by atoms with Crippen molar-refractivity contribution in [2.75, 3.05) is 6.61 Å². The Morgan fingerprint density at radius 2 is 1.78 bits per heavy atom. The zero-order valence-corrected chi connectivity index (χ0v) is 6.47. The molecule has 0 aliphatic heterocycles. The van der Waals surface area contributed by atoms with E-state index in [0.717, 1.165) is 0 Å². The highest BCUT2D eigenvalue weighted by Crippen LogP contribution is 1.69. The van der Waals surface area contributed by atoms with Crippen molar-refractivity contribution in [3.8, 4) is 0 Å². The Kier molecular flexibility index (Phi) is 40.1. The van der Waals surface area contributed by atoms with Gasteiger partial charge in [-0.05, 0) is 6.92 Å². The highest BCUT2D eigenvalue weighted by molar-refractivity contribution is 5.85. The molecule has 0 aromatic carbocycles. The van der Waals surface area contributed by atoms with Gasteiger partial charge in [-0.3, -0.25) is 4.79 Å². The SMILES string of the molecule is C.CCOC(C)=O.Cl.Cl. The summed E-state index contributed by atoms with van der Waals surface area (Å²) in [6, 6.07) is 0. The molecule has 0 unspecified atom stereocenters. The van der Waals surface area contributed by atoms with Crippen molar-refractivity contribution in [3.63, 3.8) is 0 Å². The van der Waals surface area contributed by atoms with Crippen LogP contribution in [0.25, 0.3) is 0 Å². The predicted octanol–water partition coefficient (Wildman–Crippen LogP) is 2.05. The smallest absolute Gasteiger partial charge is 0.302 e. The Morgan fingerprint density at radius 1 is 1.44 bits per heavy atom. The number of esters is 1. The molecule has 0 saturated carbocycles. The van der Waals surface area contributed by atoms with Gasteiger partial charge in [0.2, 0.25) is 0 Å². The summed E-state index contributed by atoms with van der Waals surface area (Å²) >= 11 is 0. The molecule has 0 aliphatic rings. The van der Waals surface area contributed by atoms with E-state index < -0.39 is 0 Å². The number of ether oxygens (including phenoxy) is 1. The lowest BCUT2D eigenvalue weighted by Crippen LogP contribution is -1.95. The molecule has 0 bridgehead atoms. The van der Waals surface area contributed by atoms with Gasteiger partial charge in [-0.25, -0.2) is 0 Å². The van der Waals surface area contributed by atoms with Crippen LogP contribution >= 0.6 is 24.8 Å². The molecule has 0 aromatic rings. The van der Waals surface area contributed by atoms with Gasteiger partial charge in [-0.1, -0.05) is 7.43 Å². The van der Waals surface area contributed by atoms with Gasteiger partial charge in [-0.2, -0.15) is 0 Å². The predicted molar refractivity (Wildman–Crippen MR) is 43.5 cm³/mol. The molecule has 0 radical (unpaired) electrons. The van der Waals surface area contributed by atoms with Gasteiger partial charge < -0.3 is 4.74 Å². The molecule has 0 rings (SSSR count). The van der Waals surface area contributed by atoms with Crippen molar-refractivity contribution in [1.82, 2.24) is 0 Å². The maximum absolute atomic E-state index is 9.82. The normalized spacial score (nSPS) is 5.11. The molecular weight excluding hydrogens is 163 g/mol. The second kappa shape index (κ2) is 15.7. The first kappa shape index (κ1) is 23.0. The fourth-order valence-corrected chi connectivity index (χ4v) is 0.203. The third-order valence-electron chi connectivity index (χ3n) is 0.348. The molecule has 0 aliphatic carbocycles. The molecular formula is C5H14Cl2O2. The van der Waals surface area contributed by atoms with E-state index in [4.69, 9.17) is 0 Å². The standard InChI is InChI=1S/C4H8O2.CH4.2ClH/c1-3-6-4(2)5;;;/h3H2,1-2H3;1H4;2*1H.